The fourth-order valence-corrected chi connectivity index (χ4v) is 1.29. The third-order valence-electron chi connectivity index (χ3n) is 1.69. The zero-order valence-corrected chi connectivity index (χ0v) is 8.99. The minimum Gasteiger partial charge on any atom is -0.384 e. The molecule has 0 aromatic carbocycles. The molecule has 1 aromatic heterocycles. The first kappa shape index (κ1) is 10.6. The number of rotatable bonds is 4. The van der Waals surface area contributed by atoms with Crippen LogP contribution in [0.25, 0.3) is 0 Å². The Morgan fingerprint density at radius 2 is 2.31 bits per heavy atom. The Labute approximate surface area is 88.3 Å². The van der Waals surface area contributed by atoms with Crippen molar-refractivity contribution in [2.45, 2.75) is 13.3 Å². The van der Waals surface area contributed by atoms with Gasteiger partial charge < -0.3 is 5.32 Å². The summed E-state index contributed by atoms with van der Waals surface area (Å²) in [5.41, 5.74) is 1.77. The molecule has 0 spiro atoms. The zero-order valence-electron chi connectivity index (χ0n) is 7.48. The van der Waals surface area contributed by atoms with Crippen molar-refractivity contribution in [3.63, 3.8) is 0 Å². The second-order valence-corrected chi connectivity index (χ2v) is 3.48. The van der Waals surface area contributed by atoms with E-state index < -0.39 is 0 Å². The van der Waals surface area contributed by atoms with E-state index in [4.69, 9.17) is 23.2 Å². The fraction of sp³-hybridized carbons (Fsp3) is 0.444. The normalized spacial score (nSPS) is 10.1. The number of hydrogen-bond donors (Lipinski definition) is 1. The van der Waals surface area contributed by atoms with Gasteiger partial charge >= 0.3 is 0 Å². The van der Waals surface area contributed by atoms with Gasteiger partial charge in [-0.25, -0.2) is 0 Å². The molecule has 1 aromatic rings. The number of halogens is 2. The molecule has 0 radical (unpaired) electrons. The lowest BCUT2D eigenvalue weighted by atomic mass is 10.3. The number of alkyl halides is 1. The van der Waals surface area contributed by atoms with Crippen LogP contribution in [0.15, 0.2) is 12.3 Å². The van der Waals surface area contributed by atoms with Crippen molar-refractivity contribution in [2.75, 3.05) is 17.7 Å². The summed E-state index contributed by atoms with van der Waals surface area (Å²) in [6.45, 7) is 2.72. The van der Waals surface area contributed by atoms with Gasteiger partial charge in [-0.05, 0) is 19.4 Å². The summed E-state index contributed by atoms with van der Waals surface area (Å²) >= 11 is 11.6. The molecule has 0 aliphatic carbocycles. The largest absolute Gasteiger partial charge is 0.384 e. The van der Waals surface area contributed by atoms with Crippen LogP contribution >= 0.6 is 23.2 Å². The van der Waals surface area contributed by atoms with Crippen LogP contribution in [-0.2, 0) is 0 Å². The van der Waals surface area contributed by atoms with Crippen LogP contribution in [-0.4, -0.2) is 17.4 Å². The lowest BCUT2D eigenvalue weighted by molar-refractivity contribution is 0.984. The highest BCUT2D eigenvalue weighted by Gasteiger charge is 2.01. The Balaban J connectivity index is 2.61. The maximum Gasteiger partial charge on any atom is 0.0849 e. The van der Waals surface area contributed by atoms with E-state index in [0.717, 1.165) is 24.3 Å². The molecule has 0 aliphatic rings. The topological polar surface area (TPSA) is 24.9 Å². The minimum absolute atomic E-state index is 0.661. The monoisotopic (exact) mass is 218 g/mol. The average molecular weight is 219 g/mol. The highest BCUT2D eigenvalue weighted by Crippen LogP contribution is 2.22. The number of anilines is 1. The maximum absolute atomic E-state index is 6.01. The Hall–Kier alpha value is -0.470. The van der Waals surface area contributed by atoms with E-state index >= 15 is 0 Å². The van der Waals surface area contributed by atoms with Gasteiger partial charge in [-0.15, -0.1) is 11.6 Å². The van der Waals surface area contributed by atoms with Crippen LogP contribution in [0.4, 0.5) is 5.69 Å². The Kier molecular flexibility index (Phi) is 4.33. The van der Waals surface area contributed by atoms with Crippen molar-refractivity contribution in [2.24, 2.45) is 0 Å². The van der Waals surface area contributed by atoms with Gasteiger partial charge in [-0.1, -0.05) is 11.6 Å². The van der Waals surface area contributed by atoms with Crippen molar-refractivity contribution in [3.8, 4) is 0 Å². The number of aromatic nitrogens is 1. The number of hydrogen-bond acceptors (Lipinski definition) is 2. The van der Waals surface area contributed by atoms with Gasteiger partial charge in [-0.2, -0.15) is 0 Å². The first-order valence-electron chi connectivity index (χ1n) is 4.16. The molecule has 0 unspecified atom stereocenters. The summed E-state index contributed by atoms with van der Waals surface area (Å²) < 4.78 is 0. The molecule has 1 N–H and O–H groups in total. The van der Waals surface area contributed by atoms with Crippen molar-refractivity contribution >= 4 is 28.9 Å². The van der Waals surface area contributed by atoms with Crippen LogP contribution in [0.5, 0.6) is 0 Å². The van der Waals surface area contributed by atoms with Crippen molar-refractivity contribution in [1.29, 1.82) is 0 Å². The Morgan fingerprint density at radius 3 is 3.00 bits per heavy atom. The molecule has 0 bridgehead atoms. The van der Waals surface area contributed by atoms with Crippen molar-refractivity contribution in [3.05, 3.63) is 23.0 Å². The Bertz CT molecular complexity index is 276. The molecule has 1 heterocycles. The van der Waals surface area contributed by atoms with Crippen LogP contribution in [0.1, 0.15) is 12.1 Å². The standard InChI is InChI=1S/C9H12Cl2N2/c1-7-9(11)8(3-6-12-7)13-5-2-4-10/h3,6H,2,4-5H2,1H3,(H,12,13). The summed E-state index contributed by atoms with van der Waals surface area (Å²) in [7, 11) is 0. The fourth-order valence-electron chi connectivity index (χ4n) is 0.975. The minimum atomic E-state index is 0.661. The average Bonchev–Trinajstić information content (AvgIpc) is 2.13. The van der Waals surface area contributed by atoms with Gasteiger partial charge in [0.25, 0.3) is 0 Å². The molecule has 0 aliphatic heterocycles. The predicted molar refractivity (Wildman–Crippen MR) is 57.8 cm³/mol. The zero-order chi connectivity index (χ0) is 9.68. The van der Waals surface area contributed by atoms with E-state index in [0.29, 0.717) is 10.9 Å². The summed E-state index contributed by atoms with van der Waals surface area (Å²) in [6.07, 6.45) is 2.67. The quantitative estimate of drug-likeness (QED) is 0.621. The summed E-state index contributed by atoms with van der Waals surface area (Å²) in [6, 6.07) is 1.86. The van der Waals surface area contributed by atoms with E-state index in [9.17, 15) is 0 Å². The predicted octanol–water partition coefficient (Wildman–Crippen LogP) is 3.08. The second-order valence-electron chi connectivity index (χ2n) is 2.73. The molecule has 1 rings (SSSR count). The first-order chi connectivity index (χ1) is 6.25. The summed E-state index contributed by atoms with van der Waals surface area (Å²) in [5, 5.41) is 3.89. The van der Waals surface area contributed by atoms with Crippen molar-refractivity contribution in [1.82, 2.24) is 4.98 Å². The third-order valence-corrected chi connectivity index (χ3v) is 2.43. The number of nitrogens with one attached hydrogen (secondary N) is 1. The molecule has 0 atom stereocenters. The molecule has 4 heteroatoms. The molecular weight excluding hydrogens is 207 g/mol. The third kappa shape index (κ3) is 3.05. The number of nitrogens with zero attached hydrogens (tertiary/aromatic N) is 1. The number of aryl methyl sites for hydroxylation is 1. The van der Waals surface area contributed by atoms with Crippen molar-refractivity contribution < 1.29 is 0 Å². The first-order valence-corrected chi connectivity index (χ1v) is 5.08. The highest BCUT2D eigenvalue weighted by atomic mass is 35.5. The van der Waals surface area contributed by atoms with Crippen LogP contribution in [0.3, 0.4) is 0 Å². The van der Waals surface area contributed by atoms with Gasteiger partial charge in [0.15, 0.2) is 0 Å². The molecule has 0 saturated carbocycles. The molecule has 0 fully saturated rings. The van der Waals surface area contributed by atoms with Gasteiger partial charge in [0, 0.05) is 18.6 Å². The van der Waals surface area contributed by atoms with Gasteiger partial charge in [0.05, 0.1) is 16.4 Å². The lowest BCUT2D eigenvalue weighted by Gasteiger charge is -2.07. The molecule has 72 valence electrons. The smallest absolute Gasteiger partial charge is 0.0849 e. The van der Waals surface area contributed by atoms with E-state index in [-0.39, 0.29) is 0 Å². The van der Waals surface area contributed by atoms with Crippen LogP contribution < -0.4 is 5.32 Å². The lowest BCUT2D eigenvalue weighted by Crippen LogP contribution is -2.03. The molecule has 13 heavy (non-hydrogen) atoms. The van der Waals surface area contributed by atoms with E-state index in [1.165, 1.54) is 0 Å². The SMILES string of the molecule is Cc1nccc(NCCCCl)c1Cl. The maximum atomic E-state index is 6.01. The van der Waals surface area contributed by atoms with Gasteiger partial charge in [-0.3, -0.25) is 4.98 Å². The van der Waals surface area contributed by atoms with Crippen LogP contribution in [0.2, 0.25) is 5.02 Å². The highest BCUT2D eigenvalue weighted by molar-refractivity contribution is 6.33. The molecule has 2 nitrogen and oxygen atoms in total. The van der Waals surface area contributed by atoms with E-state index in [1.54, 1.807) is 6.20 Å². The molecular formula is C9H12Cl2N2. The molecule has 0 amide bonds. The summed E-state index contributed by atoms with van der Waals surface area (Å²) in [4.78, 5) is 4.07. The Morgan fingerprint density at radius 1 is 1.54 bits per heavy atom. The van der Waals surface area contributed by atoms with Gasteiger partial charge in [0.1, 0.15) is 0 Å². The molecule has 0 saturated heterocycles. The van der Waals surface area contributed by atoms with E-state index in [2.05, 4.69) is 10.3 Å². The second kappa shape index (κ2) is 5.30. The number of pyridine rings is 1. The summed E-state index contributed by atoms with van der Waals surface area (Å²) in [5.74, 6) is 0.661. The van der Waals surface area contributed by atoms with Gasteiger partial charge in [0.2, 0.25) is 0 Å². The van der Waals surface area contributed by atoms with E-state index in [1.807, 2.05) is 13.0 Å². The van der Waals surface area contributed by atoms with Crippen LogP contribution in [0, 0.1) is 6.92 Å².